The molecule has 0 radical (unpaired) electrons. The summed E-state index contributed by atoms with van der Waals surface area (Å²) in [5.41, 5.74) is 14.8. The van der Waals surface area contributed by atoms with Gasteiger partial charge in [0.25, 0.3) is 0 Å². The number of hydrogen-bond donors (Lipinski definition) is 3. The van der Waals surface area contributed by atoms with Gasteiger partial charge in [0, 0.05) is 23.3 Å². The summed E-state index contributed by atoms with van der Waals surface area (Å²) in [5, 5.41) is 21.1. The van der Waals surface area contributed by atoms with E-state index >= 15 is 0 Å². The molecule has 1 saturated carbocycles. The van der Waals surface area contributed by atoms with Crippen LogP contribution in [0.1, 0.15) is 74.1 Å². The molecular weight excluding hydrogens is 508 g/mol. The molecule has 2 aromatic carbocycles. The minimum atomic E-state index is 0.288. The van der Waals surface area contributed by atoms with Crippen molar-refractivity contribution in [3.05, 3.63) is 70.8 Å². The summed E-state index contributed by atoms with van der Waals surface area (Å²) in [6, 6.07) is 18.4. The molecule has 0 bridgehead atoms. The number of anilines is 3. The van der Waals surface area contributed by atoms with Crippen molar-refractivity contribution in [2.45, 2.75) is 89.6 Å². The Morgan fingerprint density at radius 1 is 0.829 bits per heavy atom. The average molecular weight is 549 g/mol. The van der Waals surface area contributed by atoms with Crippen LogP contribution in [0, 0.1) is 5.92 Å². The first kappa shape index (κ1) is 26.1. The summed E-state index contributed by atoms with van der Waals surface area (Å²) < 4.78 is 1.58. The molecule has 8 heteroatoms. The topological polar surface area (TPSA) is 107 Å². The van der Waals surface area contributed by atoms with E-state index in [2.05, 4.69) is 86.4 Å². The molecule has 0 spiro atoms. The molecule has 0 aliphatic heterocycles. The molecule has 0 saturated heterocycles. The maximum atomic E-state index is 6.32. The smallest absolute Gasteiger partial charge is 0.248 e. The molecule has 3 aliphatic carbocycles. The summed E-state index contributed by atoms with van der Waals surface area (Å²) >= 11 is 0. The van der Waals surface area contributed by atoms with E-state index < -0.39 is 0 Å². The number of benzene rings is 2. The predicted octanol–water partition coefficient (Wildman–Crippen LogP) is 5.95. The lowest BCUT2D eigenvalue weighted by molar-refractivity contribution is 0.324. The molecule has 1 fully saturated rings. The molecule has 41 heavy (non-hydrogen) atoms. The van der Waals surface area contributed by atoms with E-state index in [1.807, 2.05) is 0 Å². The number of aromatic nitrogens is 5. The number of nitrogen functional groups attached to an aromatic ring is 1. The summed E-state index contributed by atoms with van der Waals surface area (Å²) in [5.74, 6) is 2.19. The Balaban J connectivity index is 1.05. The van der Waals surface area contributed by atoms with Gasteiger partial charge in [-0.3, -0.25) is 0 Å². The van der Waals surface area contributed by atoms with Crippen LogP contribution in [0.2, 0.25) is 0 Å². The van der Waals surface area contributed by atoms with Crippen LogP contribution >= 0.6 is 0 Å². The Morgan fingerprint density at radius 3 is 2.51 bits per heavy atom. The van der Waals surface area contributed by atoms with Crippen LogP contribution in [0.5, 0.6) is 0 Å². The molecule has 2 atom stereocenters. The lowest BCUT2D eigenvalue weighted by Gasteiger charge is -2.26. The van der Waals surface area contributed by atoms with E-state index in [-0.39, 0.29) is 5.95 Å². The van der Waals surface area contributed by atoms with Gasteiger partial charge in [-0.2, -0.15) is 9.67 Å². The lowest BCUT2D eigenvalue weighted by atomic mass is 9.97. The second-order valence-electron chi connectivity index (χ2n) is 12.2. The number of fused-ring (bicyclic) bond motifs is 4. The van der Waals surface area contributed by atoms with E-state index in [1.54, 1.807) is 4.68 Å². The van der Waals surface area contributed by atoms with Crippen LogP contribution in [-0.2, 0) is 25.7 Å². The normalized spacial score (nSPS) is 19.5. The SMILES string of the molecule is CC(N[C@H]1CCc2ccc(Nc3nc(N)n(-c4cc5c(nn4)-c4ccccc4CCC5)n3)cc2CC1)C1CCCC1. The third-order valence-electron chi connectivity index (χ3n) is 9.47. The maximum Gasteiger partial charge on any atom is 0.248 e. The van der Waals surface area contributed by atoms with E-state index in [0.717, 1.165) is 49.4 Å². The summed E-state index contributed by atoms with van der Waals surface area (Å²) in [4.78, 5) is 4.50. The van der Waals surface area contributed by atoms with Crippen LogP contribution in [0.15, 0.2) is 48.5 Å². The number of hydrogen-bond acceptors (Lipinski definition) is 7. The van der Waals surface area contributed by atoms with Gasteiger partial charge in [0.15, 0.2) is 5.82 Å². The Kier molecular flexibility index (Phi) is 7.17. The van der Waals surface area contributed by atoms with Crippen molar-refractivity contribution in [2.24, 2.45) is 5.92 Å². The molecule has 4 N–H and O–H groups in total. The number of nitrogens with zero attached hydrogens (tertiary/aromatic N) is 5. The molecular formula is C33H40N8. The number of rotatable bonds is 6. The Bertz CT molecular complexity index is 1540. The molecule has 7 rings (SSSR count). The minimum absolute atomic E-state index is 0.288. The first-order valence-electron chi connectivity index (χ1n) is 15.4. The zero-order valence-corrected chi connectivity index (χ0v) is 23.9. The van der Waals surface area contributed by atoms with Crippen molar-refractivity contribution in [3.8, 4) is 17.1 Å². The van der Waals surface area contributed by atoms with E-state index in [4.69, 9.17) is 5.73 Å². The average Bonchev–Trinajstić information content (AvgIpc) is 3.56. The zero-order valence-electron chi connectivity index (χ0n) is 23.9. The third kappa shape index (κ3) is 5.45. The van der Waals surface area contributed by atoms with E-state index in [9.17, 15) is 0 Å². The summed E-state index contributed by atoms with van der Waals surface area (Å²) in [6.45, 7) is 2.39. The van der Waals surface area contributed by atoms with Crippen molar-refractivity contribution in [3.63, 3.8) is 0 Å². The molecule has 3 aliphatic rings. The third-order valence-corrected chi connectivity index (χ3v) is 9.47. The van der Waals surface area contributed by atoms with Gasteiger partial charge in [-0.1, -0.05) is 43.2 Å². The molecule has 2 heterocycles. The standard InChI is InChI=1S/C33H40N8/c1-21(22-7-2-3-8-22)35-27-16-13-23-14-18-28(19-25(23)15-17-27)36-33-37-32(34)41(40-33)30-20-26-11-6-10-24-9-4-5-12-29(24)31(26)39-38-30/h4-5,9,12,14,18-22,27,35H,2-3,6-8,10-11,13,15-17H2,1H3,(H3,34,36,37,40)/t21?,27-/m0/s1. The second kappa shape index (κ2) is 11.2. The van der Waals surface area contributed by atoms with Crippen LogP contribution in [0.4, 0.5) is 17.6 Å². The highest BCUT2D eigenvalue weighted by Gasteiger charge is 2.25. The van der Waals surface area contributed by atoms with Crippen LogP contribution < -0.4 is 16.4 Å². The van der Waals surface area contributed by atoms with E-state index in [0.29, 0.717) is 23.8 Å². The second-order valence-corrected chi connectivity index (χ2v) is 12.2. The Morgan fingerprint density at radius 2 is 1.63 bits per heavy atom. The Labute approximate surface area is 242 Å². The van der Waals surface area contributed by atoms with Gasteiger partial charge in [0.2, 0.25) is 11.9 Å². The molecule has 8 nitrogen and oxygen atoms in total. The van der Waals surface area contributed by atoms with E-state index in [1.165, 1.54) is 66.3 Å². The van der Waals surface area contributed by atoms with Crippen molar-refractivity contribution in [1.82, 2.24) is 30.3 Å². The monoisotopic (exact) mass is 548 g/mol. The fourth-order valence-electron chi connectivity index (χ4n) is 7.17. The quantitative estimate of drug-likeness (QED) is 0.256. The molecule has 1 unspecified atom stereocenters. The maximum absolute atomic E-state index is 6.32. The van der Waals surface area contributed by atoms with Crippen molar-refractivity contribution < 1.29 is 0 Å². The van der Waals surface area contributed by atoms with Gasteiger partial charge < -0.3 is 16.4 Å². The first-order chi connectivity index (χ1) is 20.1. The molecule has 0 amide bonds. The fraction of sp³-hybridized carbons (Fsp3) is 0.455. The molecule has 212 valence electrons. The number of aryl methyl sites for hydroxylation is 4. The van der Waals surface area contributed by atoms with Gasteiger partial charge in [0.05, 0.1) is 5.69 Å². The first-order valence-corrected chi connectivity index (χ1v) is 15.4. The van der Waals surface area contributed by atoms with Gasteiger partial charge in [-0.05, 0) is 111 Å². The summed E-state index contributed by atoms with van der Waals surface area (Å²) in [6.07, 6.45) is 13.2. The van der Waals surface area contributed by atoms with Crippen molar-refractivity contribution in [2.75, 3.05) is 11.1 Å². The highest BCUT2D eigenvalue weighted by Crippen LogP contribution is 2.32. The largest absolute Gasteiger partial charge is 0.368 e. The highest BCUT2D eigenvalue weighted by atomic mass is 15.4. The van der Waals surface area contributed by atoms with Crippen LogP contribution in [0.3, 0.4) is 0 Å². The zero-order chi connectivity index (χ0) is 27.8. The Hall–Kier alpha value is -3.78. The number of nitrogens with one attached hydrogen (secondary N) is 2. The van der Waals surface area contributed by atoms with Crippen molar-refractivity contribution in [1.29, 1.82) is 0 Å². The van der Waals surface area contributed by atoms with Crippen LogP contribution in [-0.4, -0.2) is 37.0 Å². The number of nitrogens with two attached hydrogens (primary N) is 1. The minimum Gasteiger partial charge on any atom is -0.368 e. The fourth-order valence-corrected chi connectivity index (χ4v) is 7.17. The molecule has 4 aromatic rings. The van der Waals surface area contributed by atoms with Gasteiger partial charge in [0.1, 0.15) is 0 Å². The van der Waals surface area contributed by atoms with Gasteiger partial charge in [-0.15, -0.1) is 15.3 Å². The lowest BCUT2D eigenvalue weighted by Crippen LogP contribution is -2.40. The summed E-state index contributed by atoms with van der Waals surface area (Å²) in [7, 11) is 0. The highest BCUT2D eigenvalue weighted by molar-refractivity contribution is 5.68. The van der Waals surface area contributed by atoms with Crippen LogP contribution in [0.25, 0.3) is 17.1 Å². The predicted molar refractivity (Wildman–Crippen MR) is 164 cm³/mol. The van der Waals surface area contributed by atoms with Crippen molar-refractivity contribution >= 4 is 17.6 Å². The van der Waals surface area contributed by atoms with Gasteiger partial charge in [-0.25, -0.2) is 0 Å². The molecule has 2 aromatic heterocycles. The van der Waals surface area contributed by atoms with Gasteiger partial charge >= 0.3 is 0 Å².